The van der Waals surface area contributed by atoms with Gasteiger partial charge in [-0.25, -0.2) is 0 Å². The number of hydrogen-bond acceptors (Lipinski definition) is 2. The lowest BCUT2D eigenvalue weighted by atomic mass is 10.2. The molecule has 0 aromatic carbocycles. The standard InChI is InChI=1S/C11H18IN3O/c1-3-10-9(8-15(2)14-10)11(16)13-7-5-4-6-12/h8H,3-7H2,1-2H3,(H,13,16). The molecule has 0 fully saturated rings. The molecule has 5 heteroatoms. The molecule has 0 bridgehead atoms. The summed E-state index contributed by atoms with van der Waals surface area (Å²) in [6.07, 6.45) is 4.76. The third-order valence-corrected chi connectivity index (χ3v) is 3.09. The lowest BCUT2D eigenvalue weighted by Gasteiger charge is -2.03. The number of nitrogens with zero attached hydrogens (tertiary/aromatic N) is 2. The number of carbonyl (C=O) groups excluding carboxylic acids is 1. The molecule has 4 nitrogen and oxygen atoms in total. The van der Waals surface area contributed by atoms with Crippen molar-refractivity contribution in [3.63, 3.8) is 0 Å². The van der Waals surface area contributed by atoms with Crippen molar-refractivity contribution in [1.29, 1.82) is 0 Å². The zero-order chi connectivity index (χ0) is 12.0. The Hall–Kier alpha value is -0.590. The van der Waals surface area contributed by atoms with Crippen LogP contribution in [0.1, 0.15) is 35.8 Å². The Morgan fingerprint density at radius 2 is 2.31 bits per heavy atom. The third-order valence-electron chi connectivity index (χ3n) is 2.33. The van der Waals surface area contributed by atoms with Crippen LogP contribution in [0.2, 0.25) is 0 Å². The lowest BCUT2D eigenvalue weighted by molar-refractivity contribution is 0.0952. The van der Waals surface area contributed by atoms with Gasteiger partial charge >= 0.3 is 0 Å². The van der Waals surface area contributed by atoms with E-state index < -0.39 is 0 Å². The van der Waals surface area contributed by atoms with E-state index in [0.29, 0.717) is 5.56 Å². The second-order valence-corrected chi connectivity index (χ2v) is 4.75. The smallest absolute Gasteiger partial charge is 0.254 e. The van der Waals surface area contributed by atoms with Gasteiger partial charge in [-0.15, -0.1) is 0 Å². The predicted molar refractivity (Wildman–Crippen MR) is 73.0 cm³/mol. The second-order valence-electron chi connectivity index (χ2n) is 3.67. The number of rotatable bonds is 6. The van der Waals surface area contributed by atoms with Crippen LogP contribution < -0.4 is 5.32 Å². The molecule has 0 atom stereocenters. The number of alkyl halides is 1. The Balaban J connectivity index is 2.51. The molecule has 1 rings (SSSR count). The highest BCUT2D eigenvalue weighted by atomic mass is 127. The predicted octanol–water partition coefficient (Wildman–Crippen LogP) is 1.93. The Labute approximate surface area is 110 Å². The maximum absolute atomic E-state index is 11.8. The highest BCUT2D eigenvalue weighted by molar-refractivity contribution is 14.1. The average Bonchev–Trinajstić information content (AvgIpc) is 2.65. The highest BCUT2D eigenvalue weighted by Gasteiger charge is 2.13. The summed E-state index contributed by atoms with van der Waals surface area (Å²) in [6.45, 7) is 2.76. The van der Waals surface area contributed by atoms with E-state index in [1.165, 1.54) is 0 Å². The molecular formula is C11H18IN3O. The highest BCUT2D eigenvalue weighted by Crippen LogP contribution is 2.06. The zero-order valence-corrected chi connectivity index (χ0v) is 12.0. The number of nitrogens with one attached hydrogen (secondary N) is 1. The molecule has 0 saturated carbocycles. The summed E-state index contributed by atoms with van der Waals surface area (Å²) in [4.78, 5) is 11.8. The first-order chi connectivity index (χ1) is 7.69. The summed E-state index contributed by atoms with van der Waals surface area (Å²) in [6, 6.07) is 0. The van der Waals surface area contributed by atoms with E-state index in [-0.39, 0.29) is 5.91 Å². The molecule has 1 aromatic heterocycles. The van der Waals surface area contributed by atoms with Crippen molar-refractivity contribution >= 4 is 28.5 Å². The molecule has 1 N–H and O–H groups in total. The Morgan fingerprint density at radius 3 is 2.94 bits per heavy atom. The first kappa shape index (κ1) is 13.5. The van der Waals surface area contributed by atoms with Gasteiger partial charge < -0.3 is 5.32 Å². The molecule has 0 aliphatic heterocycles. The van der Waals surface area contributed by atoms with Crippen LogP contribution in [0.5, 0.6) is 0 Å². The topological polar surface area (TPSA) is 46.9 Å². The van der Waals surface area contributed by atoms with E-state index in [9.17, 15) is 4.79 Å². The van der Waals surface area contributed by atoms with Gasteiger partial charge in [0.25, 0.3) is 5.91 Å². The minimum atomic E-state index is -0.00147. The Bertz CT molecular complexity index is 349. The van der Waals surface area contributed by atoms with Crippen LogP contribution in [-0.4, -0.2) is 26.7 Å². The lowest BCUT2D eigenvalue weighted by Crippen LogP contribution is -2.25. The zero-order valence-electron chi connectivity index (χ0n) is 9.79. The molecular weight excluding hydrogens is 317 g/mol. The molecule has 0 radical (unpaired) electrons. The molecule has 0 spiro atoms. The van der Waals surface area contributed by atoms with Gasteiger partial charge in [0.15, 0.2) is 0 Å². The minimum Gasteiger partial charge on any atom is -0.352 e. The molecule has 16 heavy (non-hydrogen) atoms. The Kier molecular flexibility index (Phi) is 5.79. The van der Waals surface area contributed by atoms with E-state index in [1.54, 1.807) is 10.9 Å². The van der Waals surface area contributed by atoms with Crippen molar-refractivity contribution in [3.05, 3.63) is 17.5 Å². The van der Waals surface area contributed by atoms with Crippen LogP contribution >= 0.6 is 22.6 Å². The summed E-state index contributed by atoms with van der Waals surface area (Å²) in [5.41, 5.74) is 1.58. The Morgan fingerprint density at radius 1 is 1.56 bits per heavy atom. The molecule has 0 saturated heterocycles. The van der Waals surface area contributed by atoms with Crippen molar-refractivity contribution in [2.24, 2.45) is 7.05 Å². The molecule has 1 aromatic rings. The molecule has 0 aliphatic carbocycles. The number of aromatic nitrogens is 2. The van der Waals surface area contributed by atoms with Crippen molar-refractivity contribution in [1.82, 2.24) is 15.1 Å². The summed E-state index contributed by atoms with van der Waals surface area (Å²) in [5, 5.41) is 7.18. The van der Waals surface area contributed by atoms with E-state index in [0.717, 1.165) is 35.9 Å². The fourth-order valence-electron chi connectivity index (χ4n) is 1.50. The third kappa shape index (κ3) is 3.77. The van der Waals surface area contributed by atoms with Crippen LogP contribution in [0.3, 0.4) is 0 Å². The molecule has 0 aliphatic rings. The van der Waals surface area contributed by atoms with Crippen molar-refractivity contribution in [2.75, 3.05) is 11.0 Å². The van der Waals surface area contributed by atoms with Crippen LogP contribution in [0, 0.1) is 0 Å². The van der Waals surface area contributed by atoms with Gasteiger partial charge in [-0.2, -0.15) is 5.10 Å². The monoisotopic (exact) mass is 335 g/mol. The number of carbonyl (C=O) groups is 1. The maximum Gasteiger partial charge on any atom is 0.254 e. The van der Waals surface area contributed by atoms with Gasteiger partial charge in [0.2, 0.25) is 0 Å². The van der Waals surface area contributed by atoms with E-state index >= 15 is 0 Å². The molecule has 90 valence electrons. The largest absolute Gasteiger partial charge is 0.352 e. The quantitative estimate of drug-likeness (QED) is 0.491. The van der Waals surface area contributed by atoms with Gasteiger partial charge in [-0.1, -0.05) is 29.5 Å². The molecule has 0 unspecified atom stereocenters. The number of hydrogen-bond donors (Lipinski definition) is 1. The number of amides is 1. The van der Waals surface area contributed by atoms with Gasteiger partial charge in [0.05, 0.1) is 11.3 Å². The van der Waals surface area contributed by atoms with Gasteiger partial charge in [0.1, 0.15) is 0 Å². The SMILES string of the molecule is CCc1nn(C)cc1C(=O)NCCCCI. The van der Waals surface area contributed by atoms with E-state index in [1.807, 2.05) is 14.0 Å². The molecule has 1 amide bonds. The first-order valence-corrected chi connectivity index (χ1v) is 7.08. The number of aryl methyl sites for hydroxylation is 2. The fraction of sp³-hybridized carbons (Fsp3) is 0.636. The number of halogens is 1. The second kappa shape index (κ2) is 6.88. The summed E-state index contributed by atoms with van der Waals surface area (Å²) >= 11 is 2.34. The summed E-state index contributed by atoms with van der Waals surface area (Å²) in [7, 11) is 1.84. The normalized spacial score (nSPS) is 10.4. The summed E-state index contributed by atoms with van der Waals surface area (Å²) in [5.74, 6) is -0.00147. The summed E-state index contributed by atoms with van der Waals surface area (Å²) < 4.78 is 2.83. The molecule has 1 heterocycles. The van der Waals surface area contributed by atoms with Crippen LogP contribution in [0.25, 0.3) is 0 Å². The van der Waals surface area contributed by atoms with Crippen LogP contribution in [0.4, 0.5) is 0 Å². The average molecular weight is 335 g/mol. The number of unbranched alkanes of at least 4 members (excludes halogenated alkanes) is 1. The van der Waals surface area contributed by atoms with Crippen molar-refractivity contribution in [3.8, 4) is 0 Å². The van der Waals surface area contributed by atoms with E-state index in [4.69, 9.17) is 0 Å². The van der Waals surface area contributed by atoms with Gasteiger partial charge in [-0.3, -0.25) is 9.48 Å². The van der Waals surface area contributed by atoms with Crippen LogP contribution in [-0.2, 0) is 13.5 Å². The van der Waals surface area contributed by atoms with Crippen LogP contribution in [0.15, 0.2) is 6.20 Å². The van der Waals surface area contributed by atoms with E-state index in [2.05, 4.69) is 33.0 Å². The van der Waals surface area contributed by atoms with Gasteiger partial charge in [-0.05, 0) is 23.7 Å². The first-order valence-electron chi connectivity index (χ1n) is 5.55. The van der Waals surface area contributed by atoms with Crippen molar-refractivity contribution in [2.45, 2.75) is 26.2 Å². The van der Waals surface area contributed by atoms with Gasteiger partial charge in [0, 0.05) is 19.8 Å². The fourth-order valence-corrected chi connectivity index (χ4v) is 2.04. The minimum absolute atomic E-state index is 0.00147. The maximum atomic E-state index is 11.8. The van der Waals surface area contributed by atoms with Crippen molar-refractivity contribution < 1.29 is 4.79 Å².